The Kier molecular flexibility index (Phi) is 8.58. The SMILES string of the molecule is CC(C)(C#N)C(=O)N1CCC(C(=O)N2C[C@@H](c3ccc(C(O)(C(F)(F)F)C(F)(F)F)cc3)[C@@](C)(c3ccc(F)cc3)C2)CC1. The van der Waals surface area contributed by atoms with E-state index in [0.29, 0.717) is 36.1 Å². The van der Waals surface area contributed by atoms with E-state index in [9.17, 15) is 50.7 Å². The molecule has 13 heteroatoms. The van der Waals surface area contributed by atoms with Gasteiger partial charge in [-0.2, -0.15) is 31.6 Å². The van der Waals surface area contributed by atoms with Gasteiger partial charge in [0.25, 0.3) is 5.60 Å². The summed E-state index contributed by atoms with van der Waals surface area (Å²) in [5, 5.41) is 19.1. The van der Waals surface area contributed by atoms with Crippen molar-refractivity contribution in [3.8, 4) is 6.07 Å². The average Bonchev–Trinajstić information content (AvgIpc) is 3.33. The van der Waals surface area contributed by atoms with Crippen LogP contribution in [-0.2, 0) is 20.6 Å². The zero-order valence-corrected chi connectivity index (χ0v) is 24.3. The summed E-state index contributed by atoms with van der Waals surface area (Å²) in [7, 11) is 0. The van der Waals surface area contributed by atoms with E-state index in [1.54, 1.807) is 16.7 Å². The summed E-state index contributed by atoms with van der Waals surface area (Å²) in [6.45, 7) is 5.60. The summed E-state index contributed by atoms with van der Waals surface area (Å²) in [5.41, 5.74) is -7.62. The molecule has 2 aliphatic rings. The highest BCUT2D eigenvalue weighted by Gasteiger charge is 2.71. The minimum Gasteiger partial charge on any atom is -0.369 e. The lowest BCUT2D eigenvalue weighted by Gasteiger charge is -2.35. The van der Waals surface area contributed by atoms with Gasteiger partial charge in [0.05, 0.1) is 6.07 Å². The number of alkyl halides is 6. The number of nitrogens with zero attached hydrogens (tertiary/aromatic N) is 3. The van der Waals surface area contributed by atoms with Crippen LogP contribution in [0, 0.1) is 28.5 Å². The number of halogens is 7. The van der Waals surface area contributed by atoms with Crippen LogP contribution in [0.1, 0.15) is 56.2 Å². The molecule has 0 spiro atoms. The maximum absolute atomic E-state index is 13.8. The van der Waals surface area contributed by atoms with Gasteiger partial charge in [-0.05, 0) is 49.9 Å². The van der Waals surface area contributed by atoms with Crippen molar-refractivity contribution in [2.45, 2.75) is 62.9 Å². The molecule has 238 valence electrons. The summed E-state index contributed by atoms with van der Waals surface area (Å²) in [6, 6.07) is 10.8. The number of aliphatic hydroxyl groups is 1. The zero-order valence-electron chi connectivity index (χ0n) is 24.3. The lowest BCUT2D eigenvalue weighted by molar-refractivity contribution is -0.376. The van der Waals surface area contributed by atoms with Crippen molar-refractivity contribution >= 4 is 11.8 Å². The number of rotatable bonds is 5. The van der Waals surface area contributed by atoms with E-state index in [4.69, 9.17) is 0 Å². The van der Waals surface area contributed by atoms with Crippen molar-refractivity contribution < 1.29 is 45.4 Å². The molecule has 0 saturated carbocycles. The Balaban J connectivity index is 1.62. The van der Waals surface area contributed by atoms with Crippen molar-refractivity contribution in [1.29, 1.82) is 5.26 Å². The number of piperidine rings is 1. The zero-order chi connectivity index (χ0) is 32.9. The maximum atomic E-state index is 13.8. The van der Waals surface area contributed by atoms with Gasteiger partial charge in [-0.15, -0.1) is 0 Å². The van der Waals surface area contributed by atoms with Gasteiger partial charge >= 0.3 is 12.4 Å². The number of hydrogen-bond donors (Lipinski definition) is 1. The van der Waals surface area contributed by atoms with E-state index in [1.807, 2.05) is 6.07 Å². The van der Waals surface area contributed by atoms with Crippen LogP contribution in [0.5, 0.6) is 0 Å². The van der Waals surface area contributed by atoms with Crippen LogP contribution in [0.2, 0.25) is 0 Å². The monoisotopic (exact) mass is 627 g/mol. The highest BCUT2D eigenvalue weighted by Crippen LogP contribution is 2.51. The molecule has 6 nitrogen and oxygen atoms in total. The Morgan fingerprint density at radius 3 is 1.91 bits per heavy atom. The molecule has 1 N–H and O–H groups in total. The smallest absolute Gasteiger partial charge is 0.369 e. The number of amides is 2. The van der Waals surface area contributed by atoms with Crippen molar-refractivity contribution in [3.05, 3.63) is 71.0 Å². The second-order valence-electron chi connectivity index (χ2n) is 12.3. The molecule has 0 bridgehead atoms. The highest BCUT2D eigenvalue weighted by molar-refractivity contribution is 5.85. The van der Waals surface area contributed by atoms with E-state index in [2.05, 4.69) is 0 Å². The van der Waals surface area contributed by atoms with Gasteiger partial charge in [0.1, 0.15) is 11.2 Å². The molecule has 2 atom stereocenters. The molecule has 0 aliphatic carbocycles. The van der Waals surface area contributed by atoms with Crippen LogP contribution in [0.4, 0.5) is 30.7 Å². The van der Waals surface area contributed by atoms with Crippen LogP contribution in [0.25, 0.3) is 0 Å². The van der Waals surface area contributed by atoms with Gasteiger partial charge in [-0.1, -0.05) is 43.3 Å². The lowest BCUT2D eigenvalue weighted by atomic mass is 9.71. The Morgan fingerprint density at radius 2 is 1.43 bits per heavy atom. The fourth-order valence-electron chi connectivity index (χ4n) is 6.23. The molecule has 2 heterocycles. The molecular weight excluding hydrogens is 595 g/mol. The number of hydrogen-bond acceptors (Lipinski definition) is 4. The van der Waals surface area contributed by atoms with E-state index < -0.39 is 52.0 Å². The third-order valence-corrected chi connectivity index (χ3v) is 9.00. The molecule has 0 unspecified atom stereocenters. The first kappa shape index (κ1) is 33.2. The summed E-state index contributed by atoms with van der Waals surface area (Å²) in [5.74, 6) is -2.11. The van der Waals surface area contributed by atoms with Crippen LogP contribution in [0.3, 0.4) is 0 Å². The lowest BCUT2D eigenvalue weighted by Crippen LogP contribution is -2.53. The van der Waals surface area contributed by atoms with Crippen LogP contribution >= 0.6 is 0 Å². The normalized spacial score (nSPS) is 22.2. The number of likely N-dealkylation sites (tertiary alicyclic amines) is 2. The van der Waals surface area contributed by atoms with Gasteiger partial charge in [-0.25, -0.2) is 4.39 Å². The first-order chi connectivity index (χ1) is 20.3. The fraction of sp³-hybridized carbons (Fsp3) is 0.516. The average molecular weight is 628 g/mol. The number of carbonyl (C=O) groups is 2. The number of nitriles is 1. The molecule has 2 aromatic rings. The predicted molar refractivity (Wildman–Crippen MR) is 144 cm³/mol. The van der Waals surface area contributed by atoms with E-state index in [1.165, 1.54) is 38.1 Å². The predicted octanol–water partition coefficient (Wildman–Crippen LogP) is 5.81. The van der Waals surface area contributed by atoms with Gasteiger partial charge in [0.2, 0.25) is 11.8 Å². The molecule has 2 fully saturated rings. The minimum atomic E-state index is -6.03. The molecule has 44 heavy (non-hydrogen) atoms. The molecule has 4 rings (SSSR count). The Bertz CT molecular complexity index is 1410. The van der Waals surface area contributed by atoms with Gasteiger partial charge in [0.15, 0.2) is 0 Å². The van der Waals surface area contributed by atoms with E-state index >= 15 is 0 Å². The molecule has 2 aromatic carbocycles. The molecular formula is C31H32F7N3O3. The largest absolute Gasteiger partial charge is 0.430 e. The molecule has 2 amide bonds. The molecule has 2 aliphatic heterocycles. The van der Waals surface area contributed by atoms with Gasteiger partial charge in [-0.3, -0.25) is 9.59 Å². The molecule has 2 saturated heterocycles. The van der Waals surface area contributed by atoms with E-state index in [0.717, 1.165) is 12.1 Å². The Hall–Kier alpha value is -3.66. The topological polar surface area (TPSA) is 84.6 Å². The molecule has 0 aromatic heterocycles. The van der Waals surface area contributed by atoms with Crippen molar-refractivity contribution in [3.63, 3.8) is 0 Å². The molecule has 0 radical (unpaired) electrons. The van der Waals surface area contributed by atoms with E-state index in [-0.39, 0.29) is 38.0 Å². The second kappa shape index (κ2) is 11.4. The van der Waals surface area contributed by atoms with Crippen LogP contribution in [-0.4, -0.2) is 65.3 Å². The quantitative estimate of drug-likeness (QED) is 0.425. The number of carbonyl (C=O) groups excluding carboxylic acids is 2. The summed E-state index contributed by atoms with van der Waals surface area (Å²) >= 11 is 0. The van der Waals surface area contributed by atoms with Crippen molar-refractivity contribution in [2.24, 2.45) is 11.3 Å². The van der Waals surface area contributed by atoms with Crippen LogP contribution < -0.4 is 0 Å². The van der Waals surface area contributed by atoms with Crippen molar-refractivity contribution in [2.75, 3.05) is 26.2 Å². The summed E-state index contributed by atoms with van der Waals surface area (Å²) in [4.78, 5) is 29.5. The Morgan fingerprint density at radius 1 is 0.909 bits per heavy atom. The first-order valence-electron chi connectivity index (χ1n) is 14.0. The first-order valence-corrected chi connectivity index (χ1v) is 14.0. The third kappa shape index (κ3) is 5.76. The number of benzene rings is 2. The fourth-order valence-corrected chi connectivity index (χ4v) is 6.23. The highest BCUT2D eigenvalue weighted by atomic mass is 19.4. The minimum absolute atomic E-state index is 0.0788. The summed E-state index contributed by atoms with van der Waals surface area (Å²) < 4.78 is 94.5. The summed E-state index contributed by atoms with van der Waals surface area (Å²) in [6.07, 6.45) is -11.4. The van der Waals surface area contributed by atoms with Gasteiger partial charge in [0, 0.05) is 49.0 Å². The van der Waals surface area contributed by atoms with Crippen molar-refractivity contribution in [1.82, 2.24) is 9.80 Å². The third-order valence-electron chi connectivity index (χ3n) is 9.00. The standard InChI is InChI=1S/C31H32F7N3O3/c1-27(2,17-39)26(43)40-14-12-20(13-15-40)25(42)41-16-24(28(3,18-41)21-8-10-23(32)11-9-21)19-4-6-22(7-5-19)29(44,30(33,34)35)31(36,37)38/h4-11,20,24,44H,12-16,18H2,1-3H3/t24-,28+/m0/s1. The van der Waals surface area contributed by atoms with Gasteiger partial charge < -0.3 is 14.9 Å². The maximum Gasteiger partial charge on any atom is 0.430 e. The second-order valence-corrected chi connectivity index (χ2v) is 12.3. The van der Waals surface area contributed by atoms with Crippen LogP contribution in [0.15, 0.2) is 48.5 Å². The Labute approximate surface area is 250 Å².